The third-order valence-electron chi connectivity index (χ3n) is 17.6. The molecule has 6 unspecified atom stereocenters. The number of phenolic OH excluding ortho intramolecular Hbond substituents is 4. The quantitative estimate of drug-likeness (QED) is 0.0212. The molecular formula is C85H91BF3NaO38. The van der Waals surface area contributed by atoms with Gasteiger partial charge in [0.05, 0.1) is 22.8 Å². The predicted molar refractivity (Wildman–Crippen MR) is 433 cm³/mol. The van der Waals surface area contributed by atoms with E-state index < -0.39 is 179 Å². The molecule has 38 nitrogen and oxygen atoms in total. The molecule has 0 spiro atoms. The number of benzene rings is 6. The Hall–Kier alpha value is -12.5. The molecule has 6 heterocycles. The Labute approximate surface area is 748 Å². The first kappa shape index (κ1) is 104. The first-order chi connectivity index (χ1) is 60.1. The van der Waals surface area contributed by atoms with E-state index in [4.69, 9.17) is 84.3 Å². The molecule has 8 N–H and O–H groups in total. The second kappa shape index (κ2) is 49.6. The molecule has 3 saturated heterocycles. The van der Waals surface area contributed by atoms with E-state index in [1.807, 2.05) is 13.8 Å². The van der Waals surface area contributed by atoms with Gasteiger partial charge in [-0.25, -0.2) is 0 Å². The molecule has 0 bridgehead atoms. The summed E-state index contributed by atoms with van der Waals surface area (Å²) in [6.45, 7) is 14.2. The Kier molecular flexibility index (Phi) is 40.4. The fourth-order valence-corrected chi connectivity index (χ4v) is 12.3. The molecule has 3 fully saturated rings. The third kappa shape index (κ3) is 30.4. The maximum Gasteiger partial charge on any atom is 1.00 e. The number of phenols is 4. The van der Waals surface area contributed by atoms with Gasteiger partial charge in [-0.1, -0.05) is 36.4 Å². The van der Waals surface area contributed by atoms with Crippen LogP contribution < -0.4 is 55.3 Å². The zero-order chi connectivity index (χ0) is 93.8. The summed E-state index contributed by atoms with van der Waals surface area (Å²) in [6.07, 6.45) is -21.1. The van der Waals surface area contributed by atoms with Crippen LogP contribution in [0.4, 0.5) is 12.9 Å². The van der Waals surface area contributed by atoms with E-state index in [1.165, 1.54) is 66.7 Å². The standard InChI is InChI=1S/C29H28O13.C21H20O9.C16H22O11.C15H10O4.C4H10O.BF3.Na.H/c1-14(30)36-13-25-26(37-15(2)31)27(38-16(3)32)28(39-17(4)33)29(42-25)41-23-10-9-18(11-21(23)35)24-12-20(34)19-7-5-6-8-22(19)40-24;22-9-17-18(25)19(26)20(27)21(30-17)29-15-6-5-10(7-13(15)24)16-8-12(23)11-3-1-2-4-14(11)28-16;1-7(17)22-6-12-13(23-8(2)18)14(24-9(3)19)15(25-10(4)20)16(27-12)26-11(5)21;16-11-6-5-9(7-13(11)18)15-8-12(17)10-3-1-2-4-14(10)19-15;1-3-5-4-2;2-1(3)4;;/h5-12,25-29,35H,13H2,1-4H3;1-8,17-22,24-27H,9H2;12-16H,6H2,1-5H3;1-8,16,18H;3-4H2,1-2H3;;;/q;;;;;;+1;-1/t25?,26-,27?,28+,29-;17?,18-,19?,20-,21+;12?,13-,14?,15+,16-;;;;;/m101...../s1. The number of halogens is 3. The van der Waals surface area contributed by atoms with Crippen molar-refractivity contribution in [3.63, 3.8) is 0 Å². The van der Waals surface area contributed by atoms with Crippen molar-refractivity contribution < 1.29 is 212 Å². The van der Waals surface area contributed by atoms with Crippen molar-refractivity contribution in [2.45, 2.75) is 168 Å². The summed E-state index contributed by atoms with van der Waals surface area (Å²) in [5.74, 6) is -7.42. The number of esters is 9. The predicted octanol–water partition coefficient (Wildman–Crippen LogP) is 4.51. The fraction of sp³-hybridized carbons (Fsp3) is 0.365. The number of carbonyl (C=O) groups is 9. The zero-order valence-electron chi connectivity index (χ0n) is 71.6. The maximum atomic E-state index is 12.5. The van der Waals surface area contributed by atoms with Crippen LogP contribution in [-0.2, 0) is 105 Å². The average molecular weight is 1810 g/mol. The number of aliphatic hydroxyl groups excluding tert-OH is 4. The van der Waals surface area contributed by atoms with E-state index in [2.05, 4.69) is 0 Å². The number of fused-ring (bicyclic) bond motifs is 3. The molecule has 12 rings (SSSR count). The summed E-state index contributed by atoms with van der Waals surface area (Å²) in [4.78, 5) is 141. The number of aromatic hydroxyl groups is 4. The molecule has 0 amide bonds. The van der Waals surface area contributed by atoms with Crippen molar-refractivity contribution in [1.82, 2.24) is 0 Å². The summed E-state index contributed by atoms with van der Waals surface area (Å²) < 4.78 is 125. The van der Waals surface area contributed by atoms with Crippen LogP contribution in [0, 0.1) is 0 Å². The minimum atomic E-state index is -3.67. The molecule has 3 aliphatic heterocycles. The fourth-order valence-electron chi connectivity index (χ4n) is 12.3. The van der Waals surface area contributed by atoms with Crippen molar-refractivity contribution in [2.24, 2.45) is 0 Å². The number of hydrogen-bond donors (Lipinski definition) is 8. The van der Waals surface area contributed by atoms with Crippen LogP contribution in [0.15, 0.2) is 173 Å². The molecular weight excluding hydrogens is 1720 g/mol. The Balaban J connectivity index is 0.000000302. The Morgan fingerprint density at radius 3 is 1.01 bits per heavy atom. The van der Waals surface area contributed by atoms with Gasteiger partial charge in [-0.3, -0.25) is 70.5 Å². The van der Waals surface area contributed by atoms with Crippen molar-refractivity contribution in [3.8, 4) is 68.5 Å². The van der Waals surface area contributed by atoms with Gasteiger partial charge in [0.1, 0.15) is 83.9 Å². The molecule has 0 aliphatic carbocycles. The molecule has 6 aromatic carbocycles. The molecule has 3 aliphatic rings. The summed E-state index contributed by atoms with van der Waals surface area (Å²) in [5.41, 5.74) is 1.89. The second-order valence-corrected chi connectivity index (χ2v) is 27.2. The molecule has 0 radical (unpaired) electrons. The molecule has 43 heteroatoms. The van der Waals surface area contributed by atoms with E-state index >= 15 is 0 Å². The molecule has 684 valence electrons. The van der Waals surface area contributed by atoms with Gasteiger partial charge >= 0.3 is 90.8 Å². The summed E-state index contributed by atoms with van der Waals surface area (Å²) in [6, 6.07) is 37.1. The van der Waals surface area contributed by atoms with E-state index in [1.54, 1.807) is 78.9 Å². The van der Waals surface area contributed by atoms with E-state index in [-0.39, 0.29) is 87.5 Å². The van der Waals surface area contributed by atoms with Gasteiger partial charge in [0.15, 0.2) is 75.2 Å². The SMILES string of the molecule is CC(=O)OCC1O[C@@H](OC(C)=O)[C@@H](OC(C)=O)C(OC(C)=O)[C@@H]1OC(C)=O.CC(=O)OCC1O[C@@H](Oc2ccc(-c3cc(=O)c4ccccc4o3)cc2O)[C@@H](OC(C)=O)C(OC(C)=O)[C@@H]1OC(C)=O.CCOCC.FB(F)F.O=c1cc(-c2ccc(O)c(O)c2)oc2ccccc12.O=c1cc(-c2ccc(O[C@@H]3OC(CO)[C@H](O)C(O)[C@@H]3O)c(O)c2)oc2ccccc12.[H-].[Na+]. The number of para-hydroxylation sites is 3. The number of hydrogen-bond acceptors (Lipinski definition) is 38. The smallest absolute Gasteiger partial charge is 1.00 e. The number of aliphatic hydroxyl groups is 4. The van der Waals surface area contributed by atoms with E-state index in [9.17, 15) is 111 Å². The van der Waals surface area contributed by atoms with E-state index in [0.717, 1.165) is 75.5 Å². The van der Waals surface area contributed by atoms with Gasteiger partial charge < -0.3 is 127 Å². The first-order valence-electron chi connectivity index (χ1n) is 38.3. The van der Waals surface area contributed by atoms with Crippen molar-refractivity contribution in [2.75, 3.05) is 33.0 Å². The number of carbonyl (C=O) groups excluding carboxylic acids is 9. The zero-order valence-corrected chi connectivity index (χ0v) is 72.6. The Morgan fingerprint density at radius 2 is 0.680 bits per heavy atom. The second-order valence-electron chi connectivity index (χ2n) is 27.2. The van der Waals surface area contributed by atoms with Gasteiger partial charge in [-0.2, -0.15) is 0 Å². The first-order valence-corrected chi connectivity index (χ1v) is 38.3. The average Bonchev–Trinajstić information content (AvgIpc) is 0.777. The van der Waals surface area contributed by atoms with Crippen LogP contribution in [0.5, 0.6) is 34.5 Å². The van der Waals surface area contributed by atoms with Gasteiger partial charge in [0, 0.05) is 110 Å². The largest absolute Gasteiger partial charge is 1.00 e. The van der Waals surface area contributed by atoms with Gasteiger partial charge in [-0.15, -0.1) is 0 Å². The summed E-state index contributed by atoms with van der Waals surface area (Å²) >= 11 is 0. The molecule has 3 aromatic heterocycles. The van der Waals surface area contributed by atoms with Crippen molar-refractivity contribution >= 4 is 94.2 Å². The number of rotatable bonds is 21. The van der Waals surface area contributed by atoms with Crippen molar-refractivity contribution in [1.29, 1.82) is 0 Å². The van der Waals surface area contributed by atoms with Gasteiger partial charge in [0.2, 0.25) is 31.1 Å². The topological polar surface area (TPSA) is 545 Å². The number of ether oxygens (including phenoxy) is 15. The van der Waals surface area contributed by atoms with Crippen LogP contribution >= 0.6 is 0 Å². The normalized spacial score (nSPS) is 21.2. The van der Waals surface area contributed by atoms with E-state index in [0.29, 0.717) is 55.4 Å². The van der Waals surface area contributed by atoms with Gasteiger partial charge in [0.25, 0.3) is 0 Å². The van der Waals surface area contributed by atoms with Crippen molar-refractivity contribution in [3.05, 3.63) is 176 Å². The van der Waals surface area contributed by atoms with Crippen LogP contribution in [0.2, 0.25) is 0 Å². The van der Waals surface area contributed by atoms with Crippen LogP contribution in [0.1, 0.15) is 77.6 Å². The molecule has 9 aromatic rings. The molecule has 0 saturated carbocycles. The molecule has 128 heavy (non-hydrogen) atoms. The van der Waals surface area contributed by atoms with Crippen LogP contribution in [0.3, 0.4) is 0 Å². The Bertz CT molecular complexity index is 5510. The summed E-state index contributed by atoms with van der Waals surface area (Å²) in [5, 5.41) is 80.2. The maximum absolute atomic E-state index is 12.5. The third-order valence-corrected chi connectivity index (χ3v) is 17.6. The monoisotopic (exact) mass is 1810 g/mol. The van der Waals surface area contributed by atoms with Crippen LogP contribution in [0.25, 0.3) is 66.9 Å². The minimum Gasteiger partial charge on any atom is -1.00 e. The molecule has 15 atom stereocenters. The van der Waals surface area contributed by atoms with Crippen LogP contribution in [-0.4, -0.2) is 227 Å². The minimum absolute atomic E-state index is 0. The summed E-state index contributed by atoms with van der Waals surface area (Å²) in [7, 11) is -3.67. The van der Waals surface area contributed by atoms with Gasteiger partial charge in [-0.05, 0) is 105 Å². The Morgan fingerprint density at radius 1 is 0.367 bits per heavy atom.